The van der Waals surface area contributed by atoms with E-state index in [1.54, 1.807) is 12.1 Å². The Balaban J connectivity index is 1.82. The molecule has 1 saturated heterocycles. The summed E-state index contributed by atoms with van der Waals surface area (Å²) in [5.74, 6) is -0.802. The van der Waals surface area contributed by atoms with Gasteiger partial charge in [-0.05, 0) is 6.42 Å². The van der Waals surface area contributed by atoms with Gasteiger partial charge in [-0.3, -0.25) is 19.8 Å². The zero-order valence-corrected chi connectivity index (χ0v) is 11.8. The fourth-order valence-corrected chi connectivity index (χ4v) is 2.54. The molecule has 1 aromatic rings. The Morgan fingerprint density at radius 3 is 2.43 bits per heavy atom. The number of carboxylic acid groups (broad SMARTS) is 1. The zero-order chi connectivity index (χ0) is 15.2. The second-order valence-corrected chi connectivity index (χ2v) is 5.15. The van der Waals surface area contributed by atoms with Crippen LogP contribution in [0.1, 0.15) is 5.56 Å². The molecule has 0 unspecified atom stereocenters. The number of nitrogens with zero attached hydrogens (tertiary/aromatic N) is 3. The van der Waals surface area contributed by atoms with Crippen LogP contribution in [0.2, 0.25) is 0 Å². The highest BCUT2D eigenvalue weighted by Crippen LogP contribution is 2.18. The van der Waals surface area contributed by atoms with Gasteiger partial charge in [0, 0.05) is 44.4 Å². The first kappa shape index (κ1) is 15.4. The Kier molecular flexibility index (Phi) is 5.24. The number of carbonyl (C=O) groups is 1. The molecule has 7 heteroatoms. The highest BCUT2D eigenvalue weighted by atomic mass is 16.6. The fraction of sp³-hybridized carbons (Fsp3) is 0.500. The van der Waals surface area contributed by atoms with Crippen molar-refractivity contribution >= 4 is 11.7 Å². The van der Waals surface area contributed by atoms with E-state index in [0.29, 0.717) is 6.42 Å². The van der Waals surface area contributed by atoms with Gasteiger partial charge in [0.1, 0.15) is 0 Å². The van der Waals surface area contributed by atoms with Gasteiger partial charge in [0.05, 0.1) is 11.5 Å². The molecule has 1 aliphatic heterocycles. The highest BCUT2D eigenvalue weighted by Gasteiger charge is 2.19. The summed E-state index contributed by atoms with van der Waals surface area (Å²) in [7, 11) is 0. The van der Waals surface area contributed by atoms with E-state index in [4.69, 9.17) is 5.11 Å². The van der Waals surface area contributed by atoms with Gasteiger partial charge in [-0.2, -0.15) is 0 Å². The first-order valence-corrected chi connectivity index (χ1v) is 6.95. The number of para-hydroxylation sites is 1. The van der Waals surface area contributed by atoms with Crippen LogP contribution in [0.4, 0.5) is 5.69 Å². The number of carboxylic acids is 1. The zero-order valence-electron chi connectivity index (χ0n) is 11.8. The van der Waals surface area contributed by atoms with E-state index in [2.05, 4.69) is 4.90 Å². The Morgan fingerprint density at radius 1 is 1.19 bits per heavy atom. The molecular formula is C14H19N3O4. The number of hydrogen-bond acceptors (Lipinski definition) is 5. The molecule has 0 bridgehead atoms. The topological polar surface area (TPSA) is 86.9 Å². The van der Waals surface area contributed by atoms with Crippen molar-refractivity contribution in [2.24, 2.45) is 0 Å². The van der Waals surface area contributed by atoms with Gasteiger partial charge in [0.15, 0.2) is 0 Å². The number of piperazine rings is 1. The summed E-state index contributed by atoms with van der Waals surface area (Å²) in [5, 5.41) is 19.7. The molecule has 0 radical (unpaired) electrons. The number of nitro benzene ring substituents is 1. The van der Waals surface area contributed by atoms with Crippen molar-refractivity contribution in [2.45, 2.75) is 6.42 Å². The molecule has 0 saturated carbocycles. The van der Waals surface area contributed by atoms with E-state index in [1.165, 1.54) is 6.07 Å². The lowest BCUT2D eigenvalue weighted by Crippen LogP contribution is -2.48. The van der Waals surface area contributed by atoms with E-state index in [0.717, 1.165) is 38.3 Å². The molecule has 0 amide bonds. The number of rotatable bonds is 6. The van der Waals surface area contributed by atoms with Gasteiger partial charge in [-0.1, -0.05) is 18.2 Å². The van der Waals surface area contributed by atoms with Gasteiger partial charge in [0.25, 0.3) is 5.69 Å². The molecule has 21 heavy (non-hydrogen) atoms. The summed E-state index contributed by atoms with van der Waals surface area (Å²) in [6, 6.07) is 6.80. The summed E-state index contributed by atoms with van der Waals surface area (Å²) < 4.78 is 0. The lowest BCUT2D eigenvalue weighted by Gasteiger charge is -2.33. The van der Waals surface area contributed by atoms with Crippen molar-refractivity contribution in [2.75, 3.05) is 39.3 Å². The van der Waals surface area contributed by atoms with Crippen LogP contribution in [0.5, 0.6) is 0 Å². The largest absolute Gasteiger partial charge is 0.480 e. The van der Waals surface area contributed by atoms with E-state index < -0.39 is 5.97 Å². The molecular weight excluding hydrogens is 274 g/mol. The average Bonchev–Trinajstić information content (AvgIpc) is 2.46. The number of hydrogen-bond donors (Lipinski definition) is 1. The molecule has 7 nitrogen and oxygen atoms in total. The van der Waals surface area contributed by atoms with Crippen LogP contribution in [0.15, 0.2) is 24.3 Å². The summed E-state index contributed by atoms with van der Waals surface area (Å²) in [4.78, 5) is 25.4. The minimum absolute atomic E-state index is 0.0813. The molecule has 114 valence electrons. The average molecular weight is 293 g/mol. The van der Waals surface area contributed by atoms with Crippen LogP contribution < -0.4 is 0 Å². The van der Waals surface area contributed by atoms with Crippen LogP contribution in [0, 0.1) is 10.1 Å². The predicted octanol–water partition coefficient (Wildman–Crippen LogP) is 0.840. The van der Waals surface area contributed by atoms with Crippen molar-refractivity contribution in [3.63, 3.8) is 0 Å². The molecule has 0 atom stereocenters. The minimum atomic E-state index is -0.802. The Labute approximate surface area is 122 Å². The third kappa shape index (κ3) is 4.51. The maximum Gasteiger partial charge on any atom is 0.317 e. The van der Waals surface area contributed by atoms with E-state index in [-0.39, 0.29) is 17.2 Å². The van der Waals surface area contributed by atoms with Crippen LogP contribution in [0.25, 0.3) is 0 Å². The van der Waals surface area contributed by atoms with Crippen molar-refractivity contribution < 1.29 is 14.8 Å². The third-order valence-corrected chi connectivity index (χ3v) is 3.71. The number of benzene rings is 1. The summed E-state index contributed by atoms with van der Waals surface area (Å²) >= 11 is 0. The van der Waals surface area contributed by atoms with E-state index in [1.807, 2.05) is 11.0 Å². The molecule has 1 fully saturated rings. The van der Waals surface area contributed by atoms with Gasteiger partial charge >= 0.3 is 5.97 Å². The Hall–Kier alpha value is -1.99. The first-order chi connectivity index (χ1) is 10.1. The SMILES string of the molecule is O=C(O)CN1CCN(CCc2ccccc2[N+](=O)[O-])CC1. The summed E-state index contributed by atoms with van der Waals surface area (Å²) in [6.07, 6.45) is 0.635. The van der Waals surface area contributed by atoms with Crippen molar-refractivity contribution in [1.82, 2.24) is 9.80 Å². The second-order valence-electron chi connectivity index (χ2n) is 5.15. The Bertz CT molecular complexity index is 513. The van der Waals surface area contributed by atoms with Crippen LogP contribution in [0.3, 0.4) is 0 Å². The van der Waals surface area contributed by atoms with Gasteiger partial charge in [-0.15, -0.1) is 0 Å². The normalized spacial score (nSPS) is 16.8. The smallest absolute Gasteiger partial charge is 0.317 e. The molecule has 0 aromatic heterocycles. The Morgan fingerprint density at radius 2 is 1.81 bits per heavy atom. The van der Waals surface area contributed by atoms with Crippen molar-refractivity contribution in [3.8, 4) is 0 Å². The first-order valence-electron chi connectivity index (χ1n) is 6.95. The summed E-state index contributed by atoms with van der Waals surface area (Å²) in [5.41, 5.74) is 0.914. The lowest BCUT2D eigenvalue weighted by atomic mass is 10.1. The van der Waals surface area contributed by atoms with Crippen LogP contribution >= 0.6 is 0 Å². The molecule has 1 N–H and O–H groups in total. The monoisotopic (exact) mass is 293 g/mol. The molecule has 0 aliphatic carbocycles. The second kappa shape index (κ2) is 7.14. The molecule has 2 rings (SSSR count). The standard InChI is InChI=1S/C14H19N3O4/c18-14(19)11-16-9-7-15(8-10-16)6-5-12-3-1-2-4-13(12)17(20)21/h1-4H,5-11H2,(H,18,19). The quantitative estimate of drug-likeness (QED) is 0.618. The van der Waals surface area contributed by atoms with Gasteiger partial charge < -0.3 is 10.0 Å². The molecule has 0 spiro atoms. The van der Waals surface area contributed by atoms with E-state index in [9.17, 15) is 14.9 Å². The molecule has 1 heterocycles. The lowest BCUT2D eigenvalue weighted by molar-refractivity contribution is -0.385. The number of aliphatic carboxylic acids is 1. The van der Waals surface area contributed by atoms with Crippen LogP contribution in [-0.2, 0) is 11.2 Å². The van der Waals surface area contributed by atoms with E-state index >= 15 is 0 Å². The van der Waals surface area contributed by atoms with Crippen LogP contribution in [-0.4, -0.2) is 65.1 Å². The highest BCUT2D eigenvalue weighted by molar-refractivity contribution is 5.69. The maximum atomic E-state index is 10.9. The minimum Gasteiger partial charge on any atom is -0.480 e. The summed E-state index contributed by atoms with van der Waals surface area (Å²) in [6.45, 7) is 3.89. The molecule has 1 aliphatic rings. The maximum absolute atomic E-state index is 10.9. The molecule has 1 aromatic carbocycles. The van der Waals surface area contributed by atoms with Crippen molar-refractivity contribution in [3.05, 3.63) is 39.9 Å². The fourth-order valence-electron chi connectivity index (χ4n) is 2.54. The van der Waals surface area contributed by atoms with Gasteiger partial charge in [0.2, 0.25) is 0 Å². The van der Waals surface area contributed by atoms with Crippen molar-refractivity contribution in [1.29, 1.82) is 0 Å². The van der Waals surface area contributed by atoms with Gasteiger partial charge in [-0.25, -0.2) is 0 Å². The predicted molar refractivity (Wildman–Crippen MR) is 77.3 cm³/mol. The third-order valence-electron chi connectivity index (χ3n) is 3.71. The number of nitro groups is 1.